The van der Waals surface area contributed by atoms with Crippen molar-refractivity contribution in [3.8, 4) is 11.5 Å². The number of hydrogen-bond acceptors (Lipinski definition) is 10. The largest absolute Gasteiger partial charge is 0.494 e. The van der Waals surface area contributed by atoms with Gasteiger partial charge in [-0.2, -0.15) is 0 Å². The lowest BCUT2D eigenvalue weighted by Crippen LogP contribution is -2.50. The maximum Gasteiger partial charge on any atom is 0.173 e. The number of piperazine rings is 1. The van der Waals surface area contributed by atoms with Crippen molar-refractivity contribution >= 4 is 0 Å². The normalized spacial score (nSPS) is 15.1. The van der Waals surface area contributed by atoms with Gasteiger partial charge < -0.3 is 9.47 Å². The molecule has 1 aliphatic heterocycles. The highest BCUT2D eigenvalue weighted by atomic mass is 16.5. The molecule has 0 spiro atoms. The molecule has 256 valence electrons. The smallest absolute Gasteiger partial charge is 0.173 e. The van der Waals surface area contributed by atoms with Crippen LogP contribution in [0.25, 0.3) is 0 Å². The lowest BCUT2D eigenvalue weighted by molar-refractivity contribution is 0.0825. The summed E-state index contributed by atoms with van der Waals surface area (Å²) in [5, 5.41) is 26.4. The summed E-state index contributed by atoms with van der Waals surface area (Å²) in [5.74, 6) is 3.30. The van der Waals surface area contributed by atoms with Gasteiger partial charge in [0.2, 0.25) is 0 Å². The molecule has 0 aliphatic carbocycles. The Balaban J connectivity index is 1.18. The molecular weight excluding hydrogens is 628 g/mol. The fourth-order valence-corrected chi connectivity index (χ4v) is 6.68. The molecule has 0 amide bonds. The molecule has 0 unspecified atom stereocenters. The van der Waals surface area contributed by atoms with E-state index in [4.69, 9.17) is 9.47 Å². The first-order valence-corrected chi connectivity index (χ1v) is 17.2. The van der Waals surface area contributed by atoms with Crippen molar-refractivity contribution < 1.29 is 9.47 Å². The zero-order chi connectivity index (χ0) is 34.1. The molecule has 4 aromatic carbocycles. The number of ether oxygens (including phenoxy) is 2. The Morgan fingerprint density at radius 3 is 1.26 bits per heavy atom. The predicted octanol–water partition coefficient (Wildman–Crippen LogP) is 5.05. The van der Waals surface area contributed by atoms with Gasteiger partial charge in [0.1, 0.15) is 11.5 Å². The molecule has 2 aromatic heterocycles. The van der Waals surface area contributed by atoms with Crippen LogP contribution in [0.4, 0.5) is 0 Å². The van der Waals surface area contributed by atoms with E-state index in [-0.39, 0.29) is 12.1 Å². The molecule has 7 rings (SSSR count). The number of hydrogen-bond donors (Lipinski definition) is 0. The minimum atomic E-state index is -0.154. The molecule has 12 heteroatoms. The lowest BCUT2D eigenvalue weighted by Gasteiger charge is -2.41. The molecule has 0 bridgehead atoms. The van der Waals surface area contributed by atoms with Crippen LogP contribution in [0.15, 0.2) is 109 Å². The van der Waals surface area contributed by atoms with Crippen molar-refractivity contribution in [3.63, 3.8) is 0 Å². The summed E-state index contributed by atoms with van der Waals surface area (Å²) >= 11 is 0. The molecule has 6 aromatic rings. The van der Waals surface area contributed by atoms with Gasteiger partial charge in [0, 0.05) is 26.2 Å². The molecule has 3 heterocycles. The number of rotatable bonds is 14. The molecule has 50 heavy (non-hydrogen) atoms. The van der Waals surface area contributed by atoms with Crippen molar-refractivity contribution in [2.75, 3.05) is 39.4 Å². The highest BCUT2D eigenvalue weighted by molar-refractivity contribution is 5.34. The molecule has 1 saturated heterocycles. The lowest BCUT2D eigenvalue weighted by atomic mass is 10.0. The van der Waals surface area contributed by atoms with Crippen molar-refractivity contribution in [3.05, 3.63) is 143 Å². The molecule has 0 radical (unpaired) electrons. The van der Waals surface area contributed by atoms with Gasteiger partial charge in [-0.05, 0) is 81.2 Å². The van der Waals surface area contributed by atoms with E-state index >= 15 is 0 Å². The molecule has 0 saturated carbocycles. The summed E-state index contributed by atoms with van der Waals surface area (Å²) in [4.78, 5) is 4.95. The van der Waals surface area contributed by atoms with Crippen LogP contribution in [0.3, 0.4) is 0 Å². The average molecular weight is 671 g/mol. The summed E-state index contributed by atoms with van der Waals surface area (Å²) in [6.07, 6.45) is 0. The second-order valence-electron chi connectivity index (χ2n) is 12.2. The van der Waals surface area contributed by atoms with Gasteiger partial charge in [-0.3, -0.25) is 9.80 Å². The third-order valence-electron chi connectivity index (χ3n) is 9.05. The van der Waals surface area contributed by atoms with Crippen molar-refractivity contribution in [1.82, 2.24) is 50.2 Å². The van der Waals surface area contributed by atoms with Gasteiger partial charge in [0.15, 0.2) is 11.6 Å². The summed E-state index contributed by atoms with van der Waals surface area (Å²) < 4.78 is 15.4. The molecule has 1 aliphatic rings. The predicted molar refractivity (Wildman–Crippen MR) is 189 cm³/mol. The van der Waals surface area contributed by atoms with Gasteiger partial charge in [-0.25, -0.2) is 9.36 Å². The van der Waals surface area contributed by atoms with Gasteiger partial charge >= 0.3 is 0 Å². The van der Waals surface area contributed by atoms with Crippen LogP contribution in [0, 0.1) is 0 Å². The summed E-state index contributed by atoms with van der Waals surface area (Å²) in [7, 11) is 0. The Kier molecular flexibility index (Phi) is 10.5. The van der Waals surface area contributed by atoms with Gasteiger partial charge in [-0.15, -0.1) is 10.2 Å². The number of benzene rings is 4. The van der Waals surface area contributed by atoms with Crippen LogP contribution < -0.4 is 9.47 Å². The SMILES string of the molecule is CCOc1ccc([C@H](c2nnnn2Cc2ccccc2)N2CCN([C@@H](c3ccc(OCC)cc3)c3nnnn3Cc3ccccc3)CC2)cc1. The standard InChI is InChI=1S/C38H42N10O2/c1-3-49-33-19-15-31(16-20-33)35(37-39-41-43-47(37)27-29-11-7-5-8-12-29)45-23-25-46(26-24-45)36(32-17-21-34(22-18-32)50-4-2)38-40-42-44-48(38)28-30-13-9-6-10-14-30/h5-22,35-36H,3-4,23-28H2,1-2H3/t35-,36+. The molecule has 12 nitrogen and oxygen atoms in total. The van der Waals surface area contributed by atoms with Crippen LogP contribution >= 0.6 is 0 Å². The van der Waals surface area contributed by atoms with Gasteiger partial charge in [0.25, 0.3) is 0 Å². The van der Waals surface area contributed by atoms with Crippen LogP contribution in [0.2, 0.25) is 0 Å². The zero-order valence-electron chi connectivity index (χ0n) is 28.5. The first-order valence-electron chi connectivity index (χ1n) is 17.2. The summed E-state index contributed by atoms with van der Waals surface area (Å²) in [6, 6.07) is 36.9. The maximum atomic E-state index is 5.77. The number of nitrogens with zero attached hydrogens (tertiary/aromatic N) is 10. The van der Waals surface area contributed by atoms with E-state index in [2.05, 4.69) is 89.4 Å². The third-order valence-corrected chi connectivity index (χ3v) is 9.05. The Bertz CT molecular complexity index is 1760. The van der Waals surface area contributed by atoms with Gasteiger partial charge in [0.05, 0.1) is 38.4 Å². The second-order valence-corrected chi connectivity index (χ2v) is 12.2. The molecule has 2 atom stereocenters. The van der Waals surface area contributed by atoms with Crippen molar-refractivity contribution in [1.29, 1.82) is 0 Å². The van der Waals surface area contributed by atoms with Crippen LogP contribution in [0.1, 0.15) is 59.8 Å². The summed E-state index contributed by atoms with van der Waals surface area (Å²) in [5.41, 5.74) is 4.51. The van der Waals surface area contributed by atoms with Crippen molar-refractivity contribution in [2.24, 2.45) is 0 Å². The van der Waals surface area contributed by atoms with Crippen molar-refractivity contribution in [2.45, 2.75) is 39.0 Å². The quantitative estimate of drug-likeness (QED) is 0.156. The summed E-state index contributed by atoms with van der Waals surface area (Å²) in [6.45, 7) is 9.51. The van der Waals surface area contributed by atoms with Crippen LogP contribution in [-0.2, 0) is 13.1 Å². The second kappa shape index (κ2) is 15.8. The Morgan fingerprint density at radius 2 is 0.900 bits per heavy atom. The Labute approximate surface area is 292 Å². The van der Waals surface area contributed by atoms with E-state index in [9.17, 15) is 0 Å². The van der Waals surface area contributed by atoms with Crippen LogP contribution in [-0.4, -0.2) is 89.6 Å². The van der Waals surface area contributed by atoms with E-state index in [1.54, 1.807) is 0 Å². The van der Waals surface area contributed by atoms with E-state index in [0.717, 1.165) is 71.6 Å². The molecular formula is C38H42N10O2. The Hall–Kier alpha value is -5.46. The fraction of sp³-hybridized carbons (Fsp3) is 0.316. The topological polar surface area (TPSA) is 112 Å². The number of aromatic nitrogens is 8. The third kappa shape index (κ3) is 7.56. The van der Waals surface area contributed by atoms with E-state index < -0.39 is 0 Å². The fourth-order valence-electron chi connectivity index (χ4n) is 6.68. The minimum Gasteiger partial charge on any atom is -0.494 e. The maximum absolute atomic E-state index is 5.77. The number of tetrazole rings is 2. The van der Waals surface area contributed by atoms with Crippen LogP contribution in [0.5, 0.6) is 11.5 Å². The monoisotopic (exact) mass is 670 g/mol. The first kappa shape index (κ1) is 33.1. The first-order chi connectivity index (χ1) is 24.7. The average Bonchev–Trinajstić information content (AvgIpc) is 3.81. The zero-order valence-corrected chi connectivity index (χ0v) is 28.5. The Morgan fingerprint density at radius 1 is 0.520 bits per heavy atom. The van der Waals surface area contributed by atoms with Gasteiger partial charge in [-0.1, -0.05) is 84.9 Å². The highest BCUT2D eigenvalue weighted by Gasteiger charge is 2.35. The molecule has 0 N–H and O–H groups in total. The highest BCUT2D eigenvalue weighted by Crippen LogP contribution is 2.34. The van der Waals surface area contributed by atoms with E-state index in [1.165, 1.54) is 0 Å². The van der Waals surface area contributed by atoms with E-state index in [0.29, 0.717) is 26.3 Å². The minimum absolute atomic E-state index is 0.154. The molecule has 1 fully saturated rings. The van der Waals surface area contributed by atoms with E-state index in [1.807, 2.05) is 83.9 Å².